The Labute approximate surface area is 131 Å². The van der Waals surface area contributed by atoms with E-state index in [0.29, 0.717) is 39.0 Å². The van der Waals surface area contributed by atoms with E-state index in [1.54, 1.807) is 6.07 Å². The zero-order valence-corrected chi connectivity index (χ0v) is 13.5. The van der Waals surface area contributed by atoms with Gasteiger partial charge in [0.05, 0.1) is 26.4 Å². The Kier molecular flexibility index (Phi) is 5.74. The summed E-state index contributed by atoms with van der Waals surface area (Å²) in [5, 5.41) is 12.1. The normalized spacial score (nSPS) is 16.1. The van der Waals surface area contributed by atoms with Gasteiger partial charge in [0, 0.05) is 25.8 Å². The predicted octanol–water partition coefficient (Wildman–Crippen LogP) is 3.43. The molecular formula is C12H13Br2F2NO3. The first kappa shape index (κ1) is 16.1. The number of anilines is 1. The molecule has 0 aliphatic carbocycles. The van der Waals surface area contributed by atoms with Crippen molar-refractivity contribution in [1.82, 2.24) is 0 Å². The average molecular weight is 417 g/mol. The molecule has 20 heavy (non-hydrogen) atoms. The van der Waals surface area contributed by atoms with Crippen molar-refractivity contribution in [2.45, 2.75) is 19.3 Å². The highest BCUT2D eigenvalue weighted by Gasteiger charge is 2.26. The summed E-state index contributed by atoms with van der Waals surface area (Å²) in [7, 11) is 0. The van der Waals surface area contributed by atoms with Gasteiger partial charge in [-0.3, -0.25) is 0 Å². The van der Waals surface area contributed by atoms with Crippen molar-refractivity contribution < 1.29 is 23.4 Å². The Hall–Kier alpha value is -0.280. The van der Waals surface area contributed by atoms with Crippen LogP contribution in [0.4, 0.5) is 14.5 Å². The van der Waals surface area contributed by atoms with Gasteiger partial charge in [-0.05, 0) is 22.0 Å². The Bertz CT molecular complexity index is 482. The van der Waals surface area contributed by atoms with E-state index >= 15 is 0 Å². The molecule has 0 saturated carbocycles. The Morgan fingerprint density at radius 3 is 2.55 bits per heavy atom. The summed E-state index contributed by atoms with van der Waals surface area (Å²) in [6.45, 7) is 0.202. The minimum absolute atomic E-state index is 0.293. The Morgan fingerprint density at radius 2 is 2.00 bits per heavy atom. The molecule has 1 aliphatic rings. The third-order valence-electron chi connectivity index (χ3n) is 2.82. The fraction of sp³-hybridized carbons (Fsp3) is 0.500. The first-order chi connectivity index (χ1) is 9.54. The van der Waals surface area contributed by atoms with Crippen LogP contribution in [0.5, 0.6) is 0 Å². The molecular weight excluding hydrogens is 404 g/mol. The fourth-order valence-electron chi connectivity index (χ4n) is 1.92. The second-order valence-electron chi connectivity index (χ2n) is 4.12. The Morgan fingerprint density at radius 1 is 1.35 bits per heavy atom. The third-order valence-corrected chi connectivity index (χ3v) is 4.38. The quantitative estimate of drug-likeness (QED) is 0.772. The van der Waals surface area contributed by atoms with E-state index in [-0.39, 0.29) is 6.61 Å². The number of hydrogen-bond acceptors (Lipinski definition) is 4. The van der Waals surface area contributed by atoms with Gasteiger partial charge in [0.25, 0.3) is 6.43 Å². The van der Waals surface area contributed by atoms with Crippen LogP contribution < -0.4 is 5.32 Å². The lowest BCUT2D eigenvalue weighted by Crippen LogP contribution is -2.13. The summed E-state index contributed by atoms with van der Waals surface area (Å²) in [5.74, 6) is 0. The Balaban J connectivity index is 2.36. The molecule has 0 spiro atoms. The summed E-state index contributed by atoms with van der Waals surface area (Å²) in [5.41, 5.74) is 1.63. The smallest absolute Gasteiger partial charge is 0.255 e. The number of rotatable bonds is 5. The molecule has 2 N–H and O–H groups in total. The van der Waals surface area contributed by atoms with Crippen LogP contribution in [0.25, 0.3) is 0 Å². The molecule has 1 heterocycles. The van der Waals surface area contributed by atoms with Gasteiger partial charge in [0.1, 0.15) is 0 Å². The molecule has 1 aromatic carbocycles. The van der Waals surface area contributed by atoms with Crippen molar-refractivity contribution in [3.63, 3.8) is 0 Å². The molecule has 1 aromatic rings. The topological polar surface area (TPSA) is 50.7 Å². The van der Waals surface area contributed by atoms with E-state index in [1.165, 1.54) is 0 Å². The van der Waals surface area contributed by atoms with Crippen molar-refractivity contribution in [3.8, 4) is 0 Å². The highest BCUT2D eigenvalue weighted by molar-refractivity contribution is 9.11. The van der Waals surface area contributed by atoms with Gasteiger partial charge in [-0.2, -0.15) is 0 Å². The largest absolute Gasteiger partial charge is 0.392 e. The van der Waals surface area contributed by atoms with Crippen molar-refractivity contribution >= 4 is 37.5 Å². The van der Waals surface area contributed by atoms with E-state index < -0.39 is 19.3 Å². The molecule has 1 aliphatic heterocycles. The van der Waals surface area contributed by atoms with Crippen LogP contribution in [0.15, 0.2) is 15.0 Å². The summed E-state index contributed by atoms with van der Waals surface area (Å²) in [6, 6.07) is 1.64. The number of ether oxygens (including phenoxy) is 2. The van der Waals surface area contributed by atoms with Gasteiger partial charge in [-0.1, -0.05) is 15.9 Å². The van der Waals surface area contributed by atoms with E-state index in [4.69, 9.17) is 9.47 Å². The zero-order chi connectivity index (χ0) is 14.7. The van der Waals surface area contributed by atoms with Gasteiger partial charge in [0.2, 0.25) is 0 Å². The molecule has 4 nitrogen and oxygen atoms in total. The highest BCUT2D eigenvalue weighted by atomic mass is 79.9. The maximum absolute atomic E-state index is 12.3. The van der Waals surface area contributed by atoms with Gasteiger partial charge in [-0.15, -0.1) is 0 Å². The summed E-state index contributed by atoms with van der Waals surface area (Å²) >= 11 is 6.76. The monoisotopic (exact) mass is 415 g/mol. The number of halogens is 4. The van der Waals surface area contributed by atoms with Crippen molar-refractivity contribution in [3.05, 3.63) is 26.1 Å². The summed E-state index contributed by atoms with van der Waals surface area (Å²) in [6.07, 6.45) is -3.01. The number of nitrogens with one attached hydrogen (secondary N) is 1. The molecule has 0 radical (unpaired) electrons. The number of aliphatic hydroxyl groups excluding tert-OH is 1. The SMILES string of the molecule is OCc1c(NCC(F)F)cc(Br)c(C2OCCO2)c1Br. The maximum atomic E-state index is 12.3. The second-order valence-corrected chi connectivity index (χ2v) is 5.76. The molecule has 112 valence electrons. The van der Waals surface area contributed by atoms with Gasteiger partial charge in [-0.25, -0.2) is 8.78 Å². The van der Waals surface area contributed by atoms with Crippen molar-refractivity contribution in [2.24, 2.45) is 0 Å². The zero-order valence-electron chi connectivity index (χ0n) is 10.3. The van der Waals surface area contributed by atoms with Crippen LogP contribution >= 0.6 is 31.9 Å². The molecule has 2 rings (SSSR count). The third kappa shape index (κ3) is 3.48. The lowest BCUT2D eigenvalue weighted by Gasteiger charge is -2.19. The van der Waals surface area contributed by atoms with Gasteiger partial charge >= 0.3 is 0 Å². The highest BCUT2D eigenvalue weighted by Crippen LogP contribution is 2.41. The first-order valence-electron chi connectivity index (χ1n) is 5.91. The maximum Gasteiger partial charge on any atom is 0.255 e. The van der Waals surface area contributed by atoms with Crippen LogP contribution in [0.3, 0.4) is 0 Å². The molecule has 0 bridgehead atoms. The predicted molar refractivity (Wildman–Crippen MR) is 76.9 cm³/mol. The first-order valence-corrected chi connectivity index (χ1v) is 7.50. The van der Waals surface area contributed by atoms with E-state index in [9.17, 15) is 13.9 Å². The van der Waals surface area contributed by atoms with Crippen LogP contribution in [-0.4, -0.2) is 31.3 Å². The molecule has 0 unspecified atom stereocenters. The summed E-state index contributed by atoms with van der Waals surface area (Å²) in [4.78, 5) is 0. The minimum Gasteiger partial charge on any atom is -0.392 e. The molecule has 0 aromatic heterocycles. The minimum atomic E-state index is -2.47. The summed E-state index contributed by atoms with van der Waals surface area (Å²) < 4.78 is 36.7. The molecule has 0 atom stereocenters. The van der Waals surface area contributed by atoms with Crippen LogP contribution in [0, 0.1) is 0 Å². The number of benzene rings is 1. The van der Waals surface area contributed by atoms with E-state index in [0.717, 1.165) is 0 Å². The lowest BCUT2D eigenvalue weighted by atomic mass is 10.1. The van der Waals surface area contributed by atoms with Crippen molar-refractivity contribution in [2.75, 3.05) is 25.1 Å². The lowest BCUT2D eigenvalue weighted by molar-refractivity contribution is -0.0452. The second kappa shape index (κ2) is 7.13. The number of alkyl halides is 2. The molecule has 1 fully saturated rings. The van der Waals surface area contributed by atoms with Crippen LogP contribution in [-0.2, 0) is 16.1 Å². The van der Waals surface area contributed by atoms with E-state index in [2.05, 4.69) is 37.2 Å². The number of hydrogen-bond donors (Lipinski definition) is 2. The standard InChI is InChI=1S/C12H13Br2F2NO3/c13-7-3-8(17-4-9(15)16)6(5-18)11(14)10(7)12-19-1-2-20-12/h3,9,12,17-18H,1-2,4-5H2. The van der Waals surface area contributed by atoms with Gasteiger partial charge in [0.15, 0.2) is 6.29 Å². The number of aliphatic hydroxyl groups is 1. The average Bonchev–Trinajstić information content (AvgIpc) is 2.89. The van der Waals surface area contributed by atoms with Crippen LogP contribution in [0.1, 0.15) is 17.4 Å². The molecule has 0 amide bonds. The van der Waals surface area contributed by atoms with Crippen LogP contribution in [0.2, 0.25) is 0 Å². The van der Waals surface area contributed by atoms with Crippen molar-refractivity contribution in [1.29, 1.82) is 0 Å². The van der Waals surface area contributed by atoms with Gasteiger partial charge < -0.3 is 19.9 Å². The fourth-order valence-corrected chi connectivity index (χ4v) is 3.54. The molecule has 8 heteroatoms. The van der Waals surface area contributed by atoms with E-state index in [1.807, 2.05) is 0 Å². The molecule has 1 saturated heterocycles.